The molecule has 1 amide bonds. The Morgan fingerprint density at radius 1 is 1.25 bits per heavy atom. The van der Waals surface area contributed by atoms with Crippen molar-refractivity contribution in [2.75, 3.05) is 0 Å². The minimum atomic E-state index is -0.637. The van der Waals surface area contributed by atoms with Crippen molar-refractivity contribution in [3.8, 4) is 0 Å². The fraction of sp³-hybridized carbons (Fsp3) is 0.143. The molecule has 5 nitrogen and oxygen atoms in total. The van der Waals surface area contributed by atoms with Crippen molar-refractivity contribution in [3.63, 3.8) is 0 Å². The second-order valence-electron chi connectivity index (χ2n) is 4.03. The zero-order valence-corrected chi connectivity index (χ0v) is 11.6. The molecule has 1 aromatic heterocycles. The number of nitrogens with one attached hydrogen (secondary N) is 2. The summed E-state index contributed by atoms with van der Waals surface area (Å²) < 4.78 is 5.04. The highest BCUT2D eigenvalue weighted by Crippen LogP contribution is 2.15. The largest absolute Gasteiger partial charge is 0.444 e. The first-order valence-electron chi connectivity index (χ1n) is 6.04. The molecule has 4 N–H and O–H groups in total. The van der Waals surface area contributed by atoms with E-state index < -0.39 is 6.09 Å². The first-order valence-corrected chi connectivity index (χ1v) is 6.86. The van der Waals surface area contributed by atoms with Gasteiger partial charge in [-0.1, -0.05) is 30.3 Å². The van der Waals surface area contributed by atoms with Gasteiger partial charge in [-0.15, -0.1) is 11.3 Å². The number of nitrogens with two attached hydrogens (primary N) is 1. The number of alkyl carbamates (subject to hydrolysis) is 1. The van der Waals surface area contributed by atoms with E-state index in [1.165, 1.54) is 11.3 Å². The van der Waals surface area contributed by atoms with E-state index in [0.29, 0.717) is 11.4 Å². The summed E-state index contributed by atoms with van der Waals surface area (Å²) in [6, 6.07) is 13.0. The number of carbonyl (C=O) groups is 1. The third-order valence-corrected chi connectivity index (χ3v) is 3.67. The van der Waals surface area contributed by atoms with Crippen molar-refractivity contribution in [1.82, 2.24) is 5.32 Å². The van der Waals surface area contributed by atoms with Crippen LogP contribution >= 0.6 is 11.3 Å². The monoisotopic (exact) mass is 289 g/mol. The van der Waals surface area contributed by atoms with E-state index in [2.05, 4.69) is 5.32 Å². The average Bonchev–Trinajstić information content (AvgIpc) is 2.95. The van der Waals surface area contributed by atoms with E-state index in [9.17, 15) is 4.79 Å². The van der Waals surface area contributed by atoms with Crippen molar-refractivity contribution >= 4 is 23.3 Å². The second kappa shape index (κ2) is 6.83. The second-order valence-corrected chi connectivity index (χ2v) is 5.20. The van der Waals surface area contributed by atoms with E-state index in [1.54, 1.807) is 6.07 Å². The maximum atomic E-state index is 11.6. The van der Waals surface area contributed by atoms with E-state index in [4.69, 9.17) is 15.9 Å². The van der Waals surface area contributed by atoms with Crippen LogP contribution in [0.15, 0.2) is 42.5 Å². The van der Waals surface area contributed by atoms with Crippen molar-refractivity contribution in [3.05, 3.63) is 57.8 Å². The summed E-state index contributed by atoms with van der Waals surface area (Å²) in [5.74, 6) is 0.0211. The summed E-state index contributed by atoms with van der Waals surface area (Å²) in [4.78, 5) is 13.2. The summed E-state index contributed by atoms with van der Waals surface area (Å²) in [5, 5.41) is 10.2. The van der Waals surface area contributed by atoms with Crippen molar-refractivity contribution in [1.29, 1.82) is 5.41 Å². The number of benzene rings is 1. The molecule has 0 aliphatic heterocycles. The van der Waals surface area contributed by atoms with Crippen LogP contribution < -0.4 is 11.1 Å². The molecular weight excluding hydrogens is 274 g/mol. The number of rotatable bonds is 4. The molecule has 20 heavy (non-hydrogen) atoms. The van der Waals surface area contributed by atoms with Gasteiger partial charge in [0.25, 0.3) is 0 Å². The first-order chi connectivity index (χ1) is 9.69. The van der Waals surface area contributed by atoms with Crippen LogP contribution in [-0.2, 0) is 17.9 Å². The third-order valence-electron chi connectivity index (χ3n) is 2.55. The molecule has 0 unspecified atom stereocenters. The third kappa shape index (κ3) is 3.91. The summed E-state index contributed by atoms with van der Waals surface area (Å²) in [5.41, 5.74) is 6.40. The predicted molar refractivity (Wildman–Crippen MR) is 78.8 cm³/mol. The van der Waals surface area contributed by atoms with E-state index in [-0.39, 0.29) is 12.4 Å². The summed E-state index contributed by atoms with van der Waals surface area (Å²) >= 11 is 1.38. The highest BCUT2D eigenvalue weighted by atomic mass is 32.1. The van der Waals surface area contributed by atoms with Crippen LogP contribution in [-0.4, -0.2) is 11.9 Å². The predicted octanol–water partition coefficient (Wildman–Crippen LogP) is 2.46. The fourth-order valence-corrected chi connectivity index (χ4v) is 2.34. The summed E-state index contributed by atoms with van der Waals surface area (Å²) in [7, 11) is 0. The minimum Gasteiger partial charge on any atom is -0.444 e. The first kappa shape index (κ1) is 14.2. The molecule has 0 saturated heterocycles. The Kier molecular flexibility index (Phi) is 4.86. The van der Waals surface area contributed by atoms with Gasteiger partial charge in [0.1, 0.15) is 12.4 Å². The molecule has 1 heterocycles. The standard InChI is InChI=1S/C14H15N3O2S/c15-8-11-6-7-12(20-11)13(16)17-14(18)19-9-10-4-2-1-3-5-10/h1-7H,8-9,15H2,(H2,16,17,18). The zero-order chi connectivity index (χ0) is 14.4. The Morgan fingerprint density at radius 2 is 2.00 bits per heavy atom. The molecule has 0 aliphatic rings. The molecule has 0 fully saturated rings. The molecule has 0 radical (unpaired) electrons. The van der Waals surface area contributed by atoms with Crippen LogP contribution in [0.25, 0.3) is 0 Å². The van der Waals surface area contributed by atoms with Crippen LogP contribution in [0.5, 0.6) is 0 Å². The van der Waals surface area contributed by atoms with Crippen LogP contribution in [0.4, 0.5) is 4.79 Å². The zero-order valence-electron chi connectivity index (χ0n) is 10.8. The summed E-state index contributed by atoms with van der Waals surface area (Å²) in [6.45, 7) is 0.606. The van der Waals surface area contributed by atoms with Gasteiger partial charge >= 0.3 is 6.09 Å². The molecule has 0 saturated carbocycles. The molecule has 2 rings (SSSR count). The normalized spacial score (nSPS) is 10.1. The maximum Gasteiger partial charge on any atom is 0.413 e. The number of hydrogen-bond donors (Lipinski definition) is 3. The smallest absolute Gasteiger partial charge is 0.413 e. The van der Waals surface area contributed by atoms with Crippen molar-refractivity contribution in [2.45, 2.75) is 13.2 Å². The molecule has 0 bridgehead atoms. The van der Waals surface area contributed by atoms with Crippen molar-refractivity contribution < 1.29 is 9.53 Å². The molecule has 6 heteroatoms. The van der Waals surface area contributed by atoms with Crippen LogP contribution in [0, 0.1) is 5.41 Å². The van der Waals surface area contributed by atoms with Gasteiger partial charge in [-0.25, -0.2) is 4.79 Å². The van der Waals surface area contributed by atoms with Gasteiger partial charge < -0.3 is 10.5 Å². The number of ether oxygens (including phenoxy) is 1. The Labute approximate surface area is 120 Å². The number of amidine groups is 1. The molecular formula is C14H15N3O2S. The lowest BCUT2D eigenvalue weighted by molar-refractivity contribution is 0.145. The average molecular weight is 289 g/mol. The fourth-order valence-electron chi connectivity index (χ4n) is 1.54. The van der Waals surface area contributed by atoms with E-state index >= 15 is 0 Å². The SMILES string of the molecule is N=C(NC(=O)OCc1ccccc1)c1ccc(CN)s1. The number of amides is 1. The topological polar surface area (TPSA) is 88.2 Å². The highest BCUT2D eigenvalue weighted by molar-refractivity contribution is 7.14. The number of carbonyl (C=O) groups excluding carboxylic acids is 1. The van der Waals surface area contributed by atoms with Gasteiger partial charge in [-0.05, 0) is 17.7 Å². The lowest BCUT2D eigenvalue weighted by Gasteiger charge is -2.06. The molecule has 104 valence electrons. The van der Waals surface area contributed by atoms with Crippen molar-refractivity contribution in [2.24, 2.45) is 5.73 Å². The highest BCUT2D eigenvalue weighted by Gasteiger charge is 2.10. The van der Waals surface area contributed by atoms with Gasteiger partial charge in [-0.3, -0.25) is 10.7 Å². The quantitative estimate of drug-likeness (QED) is 0.596. The minimum absolute atomic E-state index is 0.0211. The van der Waals surface area contributed by atoms with Gasteiger partial charge in [-0.2, -0.15) is 0 Å². The van der Waals surface area contributed by atoms with E-state index in [0.717, 1.165) is 10.4 Å². The lowest BCUT2D eigenvalue weighted by Crippen LogP contribution is -2.30. The van der Waals surface area contributed by atoms with Gasteiger partial charge in [0, 0.05) is 11.4 Å². The summed E-state index contributed by atoms with van der Waals surface area (Å²) in [6.07, 6.45) is -0.637. The number of thiophene rings is 1. The van der Waals surface area contributed by atoms with Crippen LogP contribution in [0.3, 0.4) is 0 Å². The Bertz CT molecular complexity index is 595. The Morgan fingerprint density at radius 3 is 2.65 bits per heavy atom. The van der Waals surface area contributed by atoms with Gasteiger partial charge in [0.2, 0.25) is 0 Å². The van der Waals surface area contributed by atoms with Gasteiger partial charge in [0.05, 0.1) is 4.88 Å². The van der Waals surface area contributed by atoms with Gasteiger partial charge in [0.15, 0.2) is 0 Å². The molecule has 2 aromatic rings. The molecule has 1 aromatic carbocycles. The Balaban J connectivity index is 1.83. The van der Waals surface area contributed by atoms with Crippen LogP contribution in [0.1, 0.15) is 15.3 Å². The molecule has 0 spiro atoms. The lowest BCUT2D eigenvalue weighted by atomic mass is 10.2. The van der Waals surface area contributed by atoms with Crippen LogP contribution in [0.2, 0.25) is 0 Å². The molecule has 0 atom stereocenters. The number of hydrogen-bond acceptors (Lipinski definition) is 5. The maximum absolute atomic E-state index is 11.6. The Hall–Kier alpha value is -2.18. The molecule has 0 aliphatic carbocycles. The van der Waals surface area contributed by atoms with E-state index in [1.807, 2.05) is 36.4 Å².